The van der Waals surface area contributed by atoms with Crippen molar-refractivity contribution in [2.24, 2.45) is 0 Å². The summed E-state index contributed by atoms with van der Waals surface area (Å²) in [5.74, 6) is 0. The number of aliphatic hydroxyl groups excluding tert-OH is 1. The first-order valence-electron chi connectivity index (χ1n) is 4.09. The highest BCUT2D eigenvalue weighted by atomic mass is 16.7. The van der Waals surface area contributed by atoms with Gasteiger partial charge in [-0.1, -0.05) is 19.8 Å². The third kappa shape index (κ3) is 7.78. The molecule has 0 rings (SSSR count). The largest absolute Gasteiger partial charge is 0.368 e. The molecule has 0 bridgehead atoms. The molecule has 0 aliphatic heterocycles. The van der Waals surface area contributed by atoms with Crippen molar-refractivity contribution in [1.29, 1.82) is 0 Å². The summed E-state index contributed by atoms with van der Waals surface area (Å²) < 4.78 is 9.51. The van der Waals surface area contributed by atoms with Crippen LogP contribution in [0.1, 0.15) is 32.6 Å². The van der Waals surface area contributed by atoms with Crippen molar-refractivity contribution < 1.29 is 14.6 Å². The molecule has 1 N–H and O–H groups in total. The molecule has 0 heterocycles. The lowest BCUT2D eigenvalue weighted by Crippen LogP contribution is -2.13. The summed E-state index contributed by atoms with van der Waals surface area (Å²) in [4.78, 5) is 0. The molecule has 0 fully saturated rings. The van der Waals surface area contributed by atoms with Crippen LogP contribution < -0.4 is 0 Å². The molecule has 3 heteroatoms. The van der Waals surface area contributed by atoms with Crippen molar-refractivity contribution in [3.8, 4) is 0 Å². The van der Waals surface area contributed by atoms with Gasteiger partial charge in [-0.15, -0.1) is 0 Å². The van der Waals surface area contributed by atoms with Gasteiger partial charge in [-0.25, -0.2) is 0 Å². The highest BCUT2D eigenvalue weighted by Crippen LogP contribution is 2.03. The third-order valence-corrected chi connectivity index (χ3v) is 1.43. The Morgan fingerprint density at radius 3 is 2.64 bits per heavy atom. The van der Waals surface area contributed by atoms with Crippen molar-refractivity contribution in [2.45, 2.75) is 38.9 Å². The van der Waals surface area contributed by atoms with E-state index in [1.165, 1.54) is 0 Å². The quantitative estimate of drug-likeness (QED) is 0.455. The summed E-state index contributed by atoms with van der Waals surface area (Å²) in [5.41, 5.74) is 0. The molecule has 0 aliphatic rings. The van der Waals surface area contributed by atoms with Crippen LogP contribution in [0.15, 0.2) is 0 Å². The van der Waals surface area contributed by atoms with Crippen LogP contribution in [0, 0.1) is 0 Å². The lowest BCUT2D eigenvalue weighted by molar-refractivity contribution is -0.163. The molecule has 0 aromatic carbocycles. The summed E-state index contributed by atoms with van der Waals surface area (Å²) in [5, 5.41) is 9.10. The average Bonchev–Trinajstić information content (AvgIpc) is 2.01. The van der Waals surface area contributed by atoms with Crippen molar-refractivity contribution in [2.75, 3.05) is 13.9 Å². The SMILES string of the molecule is CCCCCC(O)OCOC. The maximum Gasteiger partial charge on any atom is 0.157 e. The molecule has 68 valence electrons. The Labute approximate surface area is 68.3 Å². The lowest BCUT2D eigenvalue weighted by atomic mass is 10.2. The number of hydrogen-bond acceptors (Lipinski definition) is 3. The second kappa shape index (κ2) is 7.98. The third-order valence-electron chi connectivity index (χ3n) is 1.43. The molecule has 0 spiro atoms. The Balaban J connectivity index is 3.02. The monoisotopic (exact) mass is 162 g/mol. The van der Waals surface area contributed by atoms with E-state index in [0.717, 1.165) is 19.3 Å². The number of methoxy groups -OCH3 is 1. The first-order valence-corrected chi connectivity index (χ1v) is 4.09. The number of aliphatic hydroxyl groups is 1. The molecule has 1 atom stereocenters. The summed E-state index contributed by atoms with van der Waals surface area (Å²) >= 11 is 0. The van der Waals surface area contributed by atoms with Gasteiger partial charge in [0.1, 0.15) is 6.79 Å². The first kappa shape index (κ1) is 10.9. The van der Waals surface area contributed by atoms with E-state index in [0.29, 0.717) is 6.42 Å². The van der Waals surface area contributed by atoms with Gasteiger partial charge in [0.05, 0.1) is 0 Å². The molecule has 0 aromatic rings. The van der Waals surface area contributed by atoms with E-state index in [1.54, 1.807) is 7.11 Å². The first-order chi connectivity index (χ1) is 5.31. The number of rotatable bonds is 7. The predicted octanol–water partition coefficient (Wildman–Crippen LogP) is 1.51. The molecule has 0 radical (unpaired) electrons. The van der Waals surface area contributed by atoms with Gasteiger partial charge in [-0.2, -0.15) is 0 Å². The van der Waals surface area contributed by atoms with E-state index in [2.05, 4.69) is 11.7 Å². The molecule has 3 nitrogen and oxygen atoms in total. The molecular weight excluding hydrogens is 144 g/mol. The van der Waals surface area contributed by atoms with E-state index in [1.807, 2.05) is 0 Å². The van der Waals surface area contributed by atoms with Crippen LogP contribution in [0.4, 0.5) is 0 Å². The topological polar surface area (TPSA) is 38.7 Å². The maximum atomic E-state index is 9.10. The second-order valence-corrected chi connectivity index (χ2v) is 2.52. The second-order valence-electron chi connectivity index (χ2n) is 2.52. The molecule has 0 amide bonds. The molecule has 0 saturated carbocycles. The predicted molar refractivity (Wildman–Crippen MR) is 43.1 cm³/mol. The van der Waals surface area contributed by atoms with E-state index in [-0.39, 0.29) is 6.79 Å². The minimum absolute atomic E-state index is 0.174. The van der Waals surface area contributed by atoms with Crippen molar-refractivity contribution >= 4 is 0 Å². The van der Waals surface area contributed by atoms with E-state index in [9.17, 15) is 0 Å². The van der Waals surface area contributed by atoms with Gasteiger partial charge in [-0.3, -0.25) is 0 Å². The fraction of sp³-hybridized carbons (Fsp3) is 1.00. The van der Waals surface area contributed by atoms with Crippen molar-refractivity contribution in [3.05, 3.63) is 0 Å². The molecule has 1 unspecified atom stereocenters. The number of ether oxygens (including phenoxy) is 2. The zero-order valence-electron chi connectivity index (χ0n) is 7.38. The van der Waals surface area contributed by atoms with Crippen LogP contribution in [0.5, 0.6) is 0 Å². The zero-order valence-corrected chi connectivity index (χ0v) is 7.38. The van der Waals surface area contributed by atoms with Crippen molar-refractivity contribution in [1.82, 2.24) is 0 Å². The van der Waals surface area contributed by atoms with Gasteiger partial charge in [0.25, 0.3) is 0 Å². The number of hydrogen-bond donors (Lipinski definition) is 1. The Hall–Kier alpha value is -0.120. The highest BCUT2D eigenvalue weighted by Gasteiger charge is 2.01. The van der Waals surface area contributed by atoms with Crippen LogP contribution >= 0.6 is 0 Å². The van der Waals surface area contributed by atoms with Crippen LogP contribution in [0.25, 0.3) is 0 Å². The van der Waals surface area contributed by atoms with E-state index >= 15 is 0 Å². The molecule has 0 aromatic heterocycles. The van der Waals surface area contributed by atoms with Gasteiger partial charge in [0, 0.05) is 7.11 Å². The zero-order chi connectivity index (χ0) is 8.53. The Bertz CT molecular complexity index is 75.7. The van der Waals surface area contributed by atoms with Gasteiger partial charge in [0.15, 0.2) is 6.29 Å². The van der Waals surface area contributed by atoms with Gasteiger partial charge < -0.3 is 14.6 Å². The van der Waals surface area contributed by atoms with Gasteiger partial charge >= 0.3 is 0 Å². The normalized spacial score (nSPS) is 13.4. The van der Waals surface area contributed by atoms with Gasteiger partial charge in [0.2, 0.25) is 0 Å². The van der Waals surface area contributed by atoms with Crippen LogP contribution in [-0.4, -0.2) is 25.3 Å². The van der Waals surface area contributed by atoms with E-state index in [4.69, 9.17) is 9.84 Å². The van der Waals surface area contributed by atoms with E-state index < -0.39 is 6.29 Å². The number of unbranched alkanes of at least 4 members (excludes halogenated alkanes) is 2. The smallest absolute Gasteiger partial charge is 0.157 e. The van der Waals surface area contributed by atoms with Crippen LogP contribution in [-0.2, 0) is 9.47 Å². The fourth-order valence-electron chi connectivity index (χ4n) is 0.799. The fourth-order valence-corrected chi connectivity index (χ4v) is 0.799. The molecule has 0 aliphatic carbocycles. The van der Waals surface area contributed by atoms with Gasteiger partial charge in [-0.05, 0) is 12.8 Å². The molecular formula is C8H18O3. The minimum atomic E-state index is -0.651. The summed E-state index contributed by atoms with van der Waals surface area (Å²) in [6.07, 6.45) is 3.38. The summed E-state index contributed by atoms with van der Waals surface area (Å²) in [6, 6.07) is 0. The average molecular weight is 162 g/mol. The Kier molecular flexibility index (Phi) is 7.89. The minimum Gasteiger partial charge on any atom is -0.368 e. The van der Waals surface area contributed by atoms with Crippen molar-refractivity contribution in [3.63, 3.8) is 0 Å². The summed E-state index contributed by atoms with van der Waals surface area (Å²) in [7, 11) is 1.54. The summed E-state index contributed by atoms with van der Waals surface area (Å²) in [6.45, 7) is 2.30. The molecule has 0 saturated heterocycles. The lowest BCUT2D eigenvalue weighted by Gasteiger charge is -2.09. The van der Waals surface area contributed by atoms with Crippen LogP contribution in [0.2, 0.25) is 0 Å². The van der Waals surface area contributed by atoms with Crippen LogP contribution in [0.3, 0.4) is 0 Å². The molecule has 11 heavy (non-hydrogen) atoms. The maximum absolute atomic E-state index is 9.10. The Morgan fingerprint density at radius 2 is 2.09 bits per heavy atom. The highest BCUT2D eigenvalue weighted by molar-refractivity contribution is 4.42. The standard InChI is InChI=1S/C8H18O3/c1-3-4-5-6-8(9)11-7-10-2/h8-9H,3-7H2,1-2H3. The Morgan fingerprint density at radius 1 is 1.36 bits per heavy atom.